The van der Waals surface area contributed by atoms with E-state index in [1.54, 1.807) is 7.05 Å². The van der Waals surface area contributed by atoms with Gasteiger partial charge >= 0.3 is 17.8 Å². The topological polar surface area (TPSA) is 80.1 Å². The van der Waals surface area contributed by atoms with Gasteiger partial charge in [0.2, 0.25) is 0 Å². The Balaban J connectivity index is 1.38. The number of alkyl halides is 3. The molecule has 0 aliphatic carbocycles. The molecule has 1 aliphatic rings. The number of aryl methyl sites for hydroxylation is 2. The average Bonchev–Trinajstić information content (AvgIpc) is 3.23. The lowest BCUT2D eigenvalue weighted by Gasteiger charge is -2.33. The zero-order valence-electron chi connectivity index (χ0n) is 26.2. The minimum Gasteiger partial charge on any atom is -0.493 e. The molecule has 0 unspecified atom stereocenters. The highest BCUT2D eigenvalue weighted by Gasteiger charge is 2.57. The molecule has 5 rings (SSSR count). The van der Waals surface area contributed by atoms with Gasteiger partial charge in [-0.2, -0.15) is 13.2 Å². The van der Waals surface area contributed by atoms with Gasteiger partial charge in [-0.05, 0) is 48.4 Å². The van der Waals surface area contributed by atoms with E-state index >= 15 is 0 Å². The summed E-state index contributed by atoms with van der Waals surface area (Å²) in [6.45, 7) is 4.17. The minimum atomic E-state index is -4.72. The van der Waals surface area contributed by atoms with Crippen LogP contribution in [-0.4, -0.2) is 41.9 Å². The second-order valence-electron chi connectivity index (χ2n) is 11.5. The van der Waals surface area contributed by atoms with Gasteiger partial charge in [-0.15, -0.1) is 0 Å². The Morgan fingerprint density at radius 3 is 2.02 bits per heavy atom. The van der Waals surface area contributed by atoms with Crippen LogP contribution in [0.4, 0.5) is 18.0 Å². The second-order valence-corrected chi connectivity index (χ2v) is 11.5. The van der Waals surface area contributed by atoms with Crippen LogP contribution in [0.3, 0.4) is 0 Å². The van der Waals surface area contributed by atoms with Crippen LogP contribution in [0.2, 0.25) is 0 Å². The van der Waals surface area contributed by atoms with Crippen LogP contribution in [-0.2, 0) is 29.4 Å². The number of benzene rings is 3. The Morgan fingerprint density at radius 1 is 0.848 bits per heavy atom. The zero-order valence-corrected chi connectivity index (χ0v) is 26.2. The van der Waals surface area contributed by atoms with Gasteiger partial charge in [0.05, 0.1) is 12.2 Å². The highest BCUT2D eigenvalue weighted by atomic mass is 19.4. The Labute approximate surface area is 265 Å². The molecular formula is C36H37F3N2O5. The van der Waals surface area contributed by atoms with E-state index in [4.69, 9.17) is 9.15 Å². The second kappa shape index (κ2) is 13.4. The van der Waals surface area contributed by atoms with Crippen LogP contribution in [0.25, 0.3) is 11.0 Å². The fraction of sp³-hybridized carbons (Fsp3) is 0.361. The number of amides is 3. The van der Waals surface area contributed by atoms with Gasteiger partial charge in [-0.1, -0.05) is 87.4 Å². The third-order valence-electron chi connectivity index (χ3n) is 8.46. The molecule has 0 spiro atoms. The van der Waals surface area contributed by atoms with Gasteiger partial charge in [0.25, 0.3) is 5.91 Å². The molecule has 2 heterocycles. The molecular weight excluding hydrogens is 597 g/mol. The summed E-state index contributed by atoms with van der Waals surface area (Å²) in [6.07, 6.45) is -1.72. The molecule has 3 aromatic carbocycles. The Kier molecular flexibility index (Phi) is 9.55. The van der Waals surface area contributed by atoms with Crippen LogP contribution in [0.1, 0.15) is 67.3 Å². The van der Waals surface area contributed by atoms with E-state index in [9.17, 15) is 27.6 Å². The van der Waals surface area contributed by atoms with E-state index in [0.717, 1.165) is 0 Å². The summed E-state index contributed by atoms with van der Waals surface area (Å²) in [7, 11) is 1.64. The van der Waals surface area contributed by atoms with E-state index in [1.165, 1.54) is 15.9 Å². The van der Waals surface area contributed by atoms with Crippen molar-refractivity contribution in [2.45, 2.75) is 64.1 Å². The third-order valence-corrected chi connectivity index (χ3v) is 8.46. The lowest BCUT2D eigenvalue weighted by molar-refractivity contribution is -0.136. The van der Waals surface area contributed by atoms with Gasteiger partial charge < -0.3 is 14.1 Å². The van der Waals surface area contributed by atoms with Gasteiger partial charge in [0, 0.05) is 30.6 Å². The summed E-state index contributed by atoms with van der Waals surface area (Å²) >= 11 is 0. The number of hydrogen-bond donors (Lipinski definition) is 0. The van der Waals surface area contributed by atoms with E-state index in [1.807, 2.05) is 74.5 Å². The number of nitrogens with zero attached hydrogens (tertiary/aromatic N) is 2. The molecule has 1 aromatic heterocycles. The number of unbranched alkanes of at least 4 members (excludes halogenated alkanes) is 1. The predicted molar refractivity (Wildman–Crippen MR) is 169 cm³/mol. The lowest BCUT2D eigenvalue weighted by Crippen LogP contribution is -2.46. The quantitative estimate of drug-likeness (QED) is 0.0906. The summed E-state index contributed by atoms with van der Waals surface area (Å²) in [5.41, 5.74) is -1.07. The van der Waals surface area contributed by atoms with Crippen LogP contribution in [0.15, 0.2) is 82.0 Å². The van der Waals surface area contributed by atoms with E-state index in [2.05, 4.69) is 0 Å². The van der Waals surface area contributed by atoms with Crippen molar-refractivity contribution in [2.75, 3.05) is 20.2 Å². The van der Waals surface area contributed by atoms with Crippen LogP contribution in [0.5, 0.6) is 5.75 Å². The third kappa shape index (κ3) is 5.88. The molecule has 0 bridgehead atoms. The molecule has 1 aliphatic heterocycles. The molecule has 0 N–H and O–H groups in total. The van der Waals surface area contributed by atoms with Crippen LogP contribution < -0.4 is 10.4 Å². The molecule has 0 saturated carbocycles. The Bertz CT molecular complexity index is 1730. The number of fused-ring (bicyclic) bond motifs is 1. The normalized spacial score (nSPS) is 14.8. The van der Waals surface area contributed by atoms with Crippen molar-refractivity contribution in [3.63, 3.8) is 0 Å². The van der Waals surface area contributed by atoms with Crippen molar-refractivity contribution in [1.29, 1.82) is 0 Å². The van der Waals surface area contributed by atoms with Crippen molar-refractivity contribution < 1.29 is 31.9 Å². The number of imide groups is 1. The summed E-state index contributed by atoms with van der Waals surface area (Å²) < 4.78 is 53.3. The van der Waals surface area contributed by atoms with Crippen LogP contribution >= 0.6 is 0 Å². The number of hydrogen-bond acceptors (Lipinski definition) is 5. The maximum Gasteiger partial charge on any atom is 0.417 e. The molecule has 7 nitrogen and oxygen atoms in total. The van der Waals surface area contributed by atoms with E-state index < -0.39 is 28.9 Å². The number of halogens is 3. The summed E-state index contributed by atoms with van der Waals surface area (Å²) in [5.74, 6) is 0.0951. The Hall–Kier alpha value is -4.60. The SMILES string of the molecule is CCCc1cc2c(C(F)(F)F)cc(=O)oc2c(CCC)c1OCCCCN1C(=O)N(C)C(c2ccccc2)(c2ccccc2)C1=O. The molecule has 0 radical (unpaired) electrons. The van der Waals surface area contributed by atoms with Gasteiger partial charge in [0.1, 0.15) is 11.3 Å². The number of ether oxygens (including phenoxy) is 1. The monoisotopic (exact) mass is 634 g/mol. The van der Waals surface area contributed by atoms with Crippen LogP contribution in [0, 0.1) is 0 Å². The number of rotatable bonds is 12. The zero-order chi connectivity index (χ0) is 33.1. The number of carbonyl (C=O) groups excluding carboxylic acids is 2. The number of likely N-dealkylation sites (N-methyl/N-ethyl adjacent to an activating group) is 1. The van der Waals surface area contributed by atoms with Gasteiger partial charge in [-0.25, -0.2) is 9.59 Å². The maximum absolute atomic E-state index is 14.1. The smallest absolute Gasteiger partial charge is 0.417 e. The van der Waals surface area contributed by atoms with E-state index in [-0.39, 0.29) is 30.0 Å². The highest BCUT2D eigenvalue weighted by Crippen LogP contribution is 2.43. The van der Waals surface area contributed by atoms with Gasteiger partial charge in [-0.3, -0.25) is 9.69 Å². The first-order valence-electron chi connectivity index (χ1n) is 15.6. The molecule has 242 valence electrons. The Morgan fingerprint density at radius 2 is 1.46 bits per heavy atom. The van der Waals surface area contributed by atoms with Crippen molar-refractivity contribution in [3.8, 4) is 5.75 Å². The minimum absolute atomic E-state index is 0.106. The van der Waals surface area contributed by atoms with Gasteiger partial charge in [0.15, 0.2) is 5.54 Å². The molecule has 3 amide bonds. The summed E-state index contributed by atoms with van der Waals surface area (Å²) in [5, 5.41) is -0.151. The van der Waals surface area contributed by atoms with Crippen molar-refractivity contribution >= 4 is 22.9 Å². The largest absolute Gasteiger partial charge is 0.493 e. The molecule has 0 atom stereocenters. The van der Waals surface area contributed by atoms with Crippen molar-refractivity contribution in [2.24, 2.45) is 0 Å². The predicted octanol–water partition coefficient (Wildman–Crippen LogP) is 7.71. The molecule has 1 saturated heterocycles. The first-order valence-corrected chi connectivity index (χ1v) is 15.6. The number of urea groups is 1. The average molecular weight is 635 g/mol. The fourth-order valence-electron chi connectivity index (χ4n) is 6.41. The standard InChI is InChI=1S/C36H37F3N2O5/c1-4-14-24-22-28-29(36(37,38)39)23-30(42)46-32(28)27(15-5-2)31(24)45-21-13-12-20-41-33(43)35(40(3)34(41)44,25-16-8-6-9-17-25)26-18-10-7-11-19-26/h6-11,16-19,22-23H,4-5,12-15,20-21H2,1-3H3. The summed E-state index contributed by atoms with van der Waals surface area (Å²) in [6, 6.07) is 20.0. The highest BCUT2D eigenvalue weighted by molar-refractivity contribution is 6.09. The van der Waals surface area contributed by atoms with Crippen molar-refractivity contribution in [3.05, 3.63) is 111 Å². The molecule has 10 heteroatoms. The molecule has 4 aromatic rings. The van der Waals surface area contributed by atoms with E-state index in [0.29, 0.717) is 72.6 Å². The lowest BCUT2D eigenvalue weighted by atomic mass is 9.81. The molecule has 46 heavy (non-hydrogen) atoms. The fourth-order valence-corrected chi connectivity index (χ4v) is 6.41. The summed E-state index contributed by atoms with van der Waals surface area (Å²) in [4.78, 5) is 42.6. The first-order chi connectivity index (χ1) is 22.0. The van der Waals surface area contributed by atoms with Crippen molar-refractivity contribution in [1.82, 2.24) is 9.80 Å². The first kappa shape index (κ1) is 32.8. The molecule has 1 fully saturated rings. The number of carbonyl (C=O) groups is 2. The maximum atomic E-state index is 14.1.